The van der Waals surface area contributed by atoms with Crippen LogP contribution in [0.15, 0.2) is 408 Å². The molecule has 0 N–H and O–H groups in total. The van der Waals surface area contributed by atoms with Crippen molar-refractivity contribution in [2.24, 2.45) is 0 Å². The van der Waals surface area contributed by atoms with E-state index in [4.69, 9.17) is 67.3 Å². The van der Waals surface area contributed by atoms with Gasteiger partial charge in [-0.15, -0.1) is 0 Å². The van der Waals surface area contributed by atoms with Gasteiger partial charge in [0, 0.05) is 82.2 Å². The van der Waals surface area contributed by atoms with Crippen LogP contribution in [0.3, 0.4) is 0 Å². The second-order valence-corrected chi connectivity index (χ2v) is 34.8. The van der Waals surface area contributed by atoms with Crippen molar-refractivity contribution in [2.75, 3.05) is 0 Å². The monoisotopic (exact) mass is 1770 g/mol. The zero-order valence-corrected chi connectivity index (χ0v) is 74.1. The second kappa shape index (κ2) is 33.2. The molecule has 26 rings (SSSR count). The molecule has 132 heavy (non-hydrogen) atoms. The summed E-state index contributed by atoms with van der Waals surface area (Å²) in [6, 6.07) is 137. The average Bonchev–Trinajstić information content (AvgIpc) is 1.58. The standard InChI is InChI=1S/C40H25N3O.C34H20ClN3O.C30H28BNO2.C10H4Cl2N2O/c1-3-13-26(14-4-1)39-41-38(37-32-20-8-10-24-35(32)44-40(37)42-39)28-16-11-15-27(25-28)30-21-12-23-34-36(30)31-19-7-9-22-33(31)43(34)29-17-5-2-6-18-29;35-34-36-32(31-26-15-5-7-19-29(26)39-33(31)37-34)22-11-8-10-21(20-22)24-16-9-18-28-30(24)25-14-4-6-17-27(25)38(28)23-12-2-1-3-13-23;1-29(2)30(3,4)34-31(33-29)22-13-10-12-21(20-22)24-17-11-19-27-28(24)25-16-8-9-18-26(25)32(27)23-14-6-5-7-15-23;11-8-7-5-3-1-2-4-6(5)15-9(7)14-10(12)13-8/h1-25H;1-20H;5-20H,1-4H3;1-4H. The van der Waals surface area contributed by atoms with E-state index in [2.05, 4.69) is 353 Å². The summed E-state index contributed by atoms with van der Waals surface area (Å²) in [5, 5.41) is 13.3. The van der Waals surface area contributed by atoms with Crippen LogP contribution in [0.2, 0.25) is 15.7 Å². The predicted octanol–water partition coefficient (Wildman–Crippen LogP) is 30.4. The van der Waals surface area contributed by atoms with Crippen LogP contribution in [0.25, 0.3) is 216 Å². The molecular weight excluding hydrogens is 1690 g/mol. The Morgan fingerprint density at radius 3 is 0.992 bits per heavy atom. The Kier molecular flexibility index (Phi) is 20.3. The third-order valence-electron chi connectivity index (χ3n) is 25.4. The van der Waals surface area contributed by atoms with Crippen LogP contribution < -0.4 is 5.46 Å². The molecule has 0 saturated carbocycles. The normalized spacial score (nSPS) is 13.0. The van der Waals surface area contributed by atoms with Crippen LogP contribution in [0.4, 0.5) is 0 Å². The van der Waals surface area contributed by atoms with Gasteiger partial charge in [-0.1, -0.05) is 303 Å². The first-order chi connectivity index (χ1) is 64.7. The molecule has 1 fully saturated rings. The minimum Gasteiger partial charge on any atom is -0.438 e. The van der Waals surface area contributed by atoms with Gasteiger partial charge < -0.3 is 36.3 Å². The zero-order chi connectivity index (χ0) is 88.9. The lowest BCUT2D eigenvalue weighted by molar-refractivity contribution is 0.00578. The first-order valence-electron chi connectivity index (χ1n) is 43.7. The lowest BCUT2D eigenvalue weighted by Crippen LogP contribution is -2.41. The van der Waals surface area contributed by atoms with Gasteiger partial charge in [0.05, 0.1) is 71.8 Å². The summed E-state index contributed by atoms with van der Waals surface area (Å²) in [5.74, 6) is 0.644. The fourth-order valence-corrected chi connectivity index (χ4v) is 19.4. The van der Waals surface area contributed by atoms with Crippen LogP contribution in [0.1, 0.15) is 27.7 Å². The largest absolute Gasteiger partial charge is 0.494 e. The van der Waals surface area contributed by atoms with Crippen LogP contribution in [-0.4, -0.2) is 61.9 Å². The molecule has 0 aliphatic carbocycles. The number of fused-ring (bicyclic) bond motifs is 18. The quantitative estimate of drug-likeness (QED) is 0.0731. The number of rotatable bonds is 10. The Hall–Kier alpha value is -15.6. The SMILES string of the molecule is CC1(C)OB(c2cccc(-c3cccc4c3c3ccccc3n4-c3ccccc3)c2)OC1(C)C.Clc1nc(-c2cccc(-c3cccc4c3c3ccccc3n4-c3ccccc3)c2)c2c(n1)oc1ccccc12.Clc1nc(Cl)c2c(n1)oc1ccccc12.c1ccc(-c2nc(-c3cccc(-c4cccc5c4c4ccccc4n5-c4ccccc4)c3)c3c(n2)oc2ccccc23)cc1. The molecule has 0 atom stereocenters. The number of hydrogen-bond acceptors (Lipinski definition) is 11. The molecule has 1 aliphatic heterocycles. The molecule has 14 nitrogen and oxygen atoms in total. The van der Waals surface area contributed by atoms with Gasteiger partial charge in [-0.3, -0.25) is 0 Å². The van der Waals surface area contributed by atoms with Crippen LogP contribution >= 0.6 is 34.8 Å². The van der Waals surface area contributed by atoms with E-state index in [1.165, 1.54) is 76.5 Å². The van der Waals surface area contributed by atoms with Gasteiger partial charge in [-0.25, -0.2) is 15.0 Å². The zero-order valence-electron chi connectivity index (χ0n) is 71.8. The number of benzene rings is 16. The van der Waals surface area contributed by atoms with Crippen LogP contribution in [0.5, 0.6) is 0 Å². The Morgan fingerprint density at radius 2 is 0.561 bits per heavy atom. The van der Waals surface area contributed by atoms with Crippen molar-refractivity contribution in [3.8, 4) is 84.3 Å². The molecule has 0 unspecified atom stereocenters. The maximum Gasteiger partial charge on any atom is 0.494 e. The van der Waals surface area contributed by atoms with Crippen molar-refractivity contribution in [1.82, 2.24) is 43.6 Å². The molecule has 0 spiro atoms. The second-order valence-electron chi connectivity index (χ2n) is 33.8. The fraction of sp³-hybridized carbons (Fsp3) is 0.0526. The molecule has 16 aromatic carbocycles. The molecule has 632 valence electrons. The summed E-state index contributed by atoms with van der Waals surface area (Å²) in [7, 11) is -0.380. The highest BCUT2D eigenvalue weighted by Crippen LogP contribution is 2.47. The molecule has 0 bridgehead atoms. The van der Waals surface area contributed by atoms with Crippen LogP contribution in [0, 0.1) is 0 Å². The average molecular weight is 1770 g/mol. The van der Waals surface area contributed by atoms with E-state index >= 15 is 0 Å². The molecule has 1 saturated heterocycles. The van der Waals surface area contributed by atoms with Crippen molar-refractivity contribution in [3.63, 3.8) is 0 Å². The van der Waals surface area contributed by atoms with Crippen molar-refractivity contribution >= 4 is 179 Å². The number of para-hydroxylation sites is 9. The number of nitrogens with zero attached hydrogens (tertiary/aromatic N) is 9. The first kappa shape index (κ1) is 80.9. The van der Waals surface area contributed by atoms with Gasteiger partial charge >= 0.3 is 7.12 Å². The van der Waals surface area contributed by atoms with Crippen LogP contribution in [-0.2, 0) is 9.31 Å². The Bertz CT molecular complexity index is 8800. The van der Waals surface area contributed by atoms with Crippen molar-refractivity contribution in [3.05, 3.63) is 410 Å². The van der Waals surface area contributed by atoms with E-state index < -0.39 is 0 Å². The van der Waals surface area contributed by atoms with E-state index in [9.17, 15) is 0 Å². The van der Waals surface area contributed by atoms with E-state index in [0.29, 0.717) is 33.5 Å². The molecule has 0 radical (unpaired) electrons. The lowest BCUT2D eigenvalue weighted by atomic mass is 9.78. The van der Waals surface area contributed by atoms with Gasteiger partial charge in [0.1, 0.15) is 21.9 Å². The van der Waals surface area contributed by atoms with Gasteiger partial charge in [-0.2, -0.15) is 15.0 Å². The molecule has 9 aromatic heterocycles. The highest BCUT2D eigenvalue weighted by molar-refractivity contribution is 6.62. The number of furan rings is 3. The summed E-state index contributed by atoms with van der Waals surface area (Å²) < 4.78 is 37.5. The highest BCUT2D eigenvalue weighted by Gasteiger charge is 2.52. The van der Waals surface area contributed by atoms with Crippen molar-refractivity contribution in [2.45, 2.75) is 38.9 Å². The van der Waals surface area contributed by atoms with Gasteiger partial charge in [0.15, 0.2) is 5.82 Å². The first-order valence-corrected chi connectivity index (χ1v) is 44.8. The predicted molar refractivity (Wildman–Crippen MR) is 541 cm³/mol. The third kappa shape index (κ3) is 14.2. The summed E-state index contributed by atoms with van der Waals surface area (Å²) in [4.78, 5) is 27.0. The Labute approximate surface area is 772 Å². The summed E-state index contributed by atoms with van der Waals surface area (Å²) in [6.45, 7) is 8.37. The maximum absolute atomic E-state index is 6.38. The summed E-state index contributed by atoms with van der Waals surface area (Å²) in [5.41, 5.74) is 26.2. The topological polar surface area (TPSA) is 150 Å². The highest BCUT2D eigenvalue weighted by atomic mass is 35.5. The minimum atomic E-state index is -0.380. The van der Waals surface area contributed by atoms with E-state index in [1.807, 2.05) is 103 Å². The van der Waals surface area contributed by atoms with E-state index in [0.717, 1.165) is 117 Å². The number of hydrogen-bond donors (Lipinski definition) is 0. The van der Waals surface area contributed by atoms with Gasteiger partial charge in [0.2, 0.25) is 27.7 Å². The number of halogens is 3. The smallest absolute Gasteiger partial charge is 0.438 e. The molecule has 10 heterocycles. The fourth-order valence-electron chi connectivity index (χ4n) is 18.8. The summed E-state index contributed by atoms with van der Waals surface area (Å²) >= 11 is 18.0. The van der Waals surface area contributed by atoms with Gasteiger partial charge in [-0.05, 0) is 193 Å². The number of aromatic nitrogens is 9. The van der Waals surface area contributed by atoms with Gasteiger partial charge in [0.25, 0.3) is 0 Å². The molecule has 25 aromatic rings. The van der Waals surface area contributed by atoms with Crippen molar-refractivity contribution < 1.29 is 22.6 Å². The summed E-state index contributed by atoms with van der Waals surface area (Å²) in [6.07, 6.45) is 0. The minimum absolute atomic E-state index is 0.0894. The Morgan fingerprint density at radius 1 is 0.250 bits per heavy atom. The van der Waals surface area contributed by atoms with Crippen molar-refractivity contribution in [1.29, 1.82) is 0 Å². The molecule has 18 heteroatoms. The molecular formula is C114H77BCl3N9O5. The molecule has 1 aliphatic rings. The van der Waals surface area contributed by atoms with E-state index in [1.54, 1.807) is 0 Å². The van der Waals surface area contributed by atoms with E-state index in [-0.39, 0.29) is 28.9 Å². The molecule has 0 amide bonds. The lowest BCUT2D eigenvalue weighted by Gasteiger charge is -2.32. The third-order valence-corrected chi connectivity index (χ3v) is 26.0. The Balaban J connectivity index is 0.000000105. The maximum atomic E-state index is 6.38.